The molecule has 0 radical (unpaired) electrons. The average Bonchev–Trinajstić information content (AvgIpc) is 3.73. The Kier molecular flexibility index (Phi) is 6.28. The van der Waals surface area contributed by atoms with Crippen LogP contribution in [0.1, 0.15) is 22.9 Å². The smallest absolute Gasteiger partial charge is 0.145 e. The molecule has 0 bridgehead atoms. The second-order valence-corrected chi connectivity index (χ2v) is 13.6. The molecule has 0 amide bonds. The van der Waals surface area contributed by atoms with Crippen molar-refractivity contribution >= 4 is 65.8 Å². The molecule has 244 valence electrons. The van der Waals surface area contributed by atoms with E-state index in [-0.39, 0.29) is 6.17 Å². The van der Waals surface area contributed by atoms with Crippen molar-refractivity contribution in [2.45, 2.75) is 6.17 Å². The minimum absolute atomic E-state index is 0.269. The van der Waals surface area contributed by atoms with E-state index in [2.05, 4.69) is 196 Å². The number of benzene rings is 8. The summed E-state index contributed by atoms with van der Waals surface area (Å²) in [6, 6.07) is 65.5. The largest absolute Gasteiger partial charge is 0.359 e. The lowest BCUT2D eigenvalue weighted by Gasteiger charge is -2.28. The van der Waals surface area contributed by atoms with Crippen LogP contribution in [0.5, 0.6) is 0 Å². The fourth-order valence-corrected chi connectivity index (χ4v) is 8.39. The van der Waals surface area contributed by atoms with E-state index in [0.29, 0.717) is 0 Å². The first-order valence-electron chi connectivity index (χ1n) is 17.8. The Labute approximate surface area is 300 Å². The van der Waals surface area contributed by atoms with Crippen LogP contribution in [-0.2, 0) is 0 Å². The highest BCUT2D eigenvalue weighted by Gasteiger charge is 2.25. The van der Waals surface area contributed by atoms with Crippen molar-refractivity contribution in [1.82, 2.24) is 9.13 Å². The molecule has 10 aromatic rings. The molecular formula is C48H32N4. The first-order chi connectivity index (χ1) is 25.8. The third kappa shape index (κ3) is 4.31. The summed E-state index contributed by atoms with van der Waals surface area (Å²) in [5.41, 5.74) is 12.5. The summed E-state index contributed by atoms with van der Waals surface area (Å²) in [6.45, 7) is 0. The van der Waals surface area contributed by atoms with Gasteiger partial charge in [0.25, 0.3) is 0 Å². The van der Waals surface area contributed by atoms with E-state index in [0.717, 1.165) is 39.5 Å². The number of aromatic nitrogens is 2. The molecule has 1 aliphatic rings. The van der Waals surface area contributed by atoms with E-state index in [4.69, 9.17) is 4.99 Å². The third-order valence-electron chi connectivity index (χ3n) is 10.7. The van der Waals surface area contributed by atoms with Crippen LogP contribution in [0.3, 0.4) is 0 Å². The molecule has 1 aliphatic heterocycles. The lowest BCUT2D eigenvalue weighted by molar-refractivity contribution is 0.828. The predicted octanol–water partition coefficient (Wildman–Crippen LogP) is 12.0. The molecule has 11 rings (SSSR count). The molecule has 0 saturated carbocycles. The maximum absolute atomic E-state index is 5.42. The van der Waals surface area contributed by atoms with Crippen molar-refractivity contribution in [3.8, 4) is 11.4 Å². The minimum atomic E-state index is -0.269. The zero-order chi connectivity index (χ0) is 34.2. The molecule has 0 fully saturated rings. The summed E-state index contributed by atoms with van der Waals surface area (Å²) in [5.74, 6) is 0. The molecule has 1 unspecified atom stereocenters. The highest BCUT2D eigenvalue weighted by Crippen LogP contribution is 2.40. The summed E-state index contributed by atoms with van der Waals surface area (Å²) in [4.78, 5) is 5.42. The van der Waals surface area contributed by atoms with Gasteiger partial charge in [-0.1, -0.05) is 140 Å². The predicted molar refractivity (Wildman–Crippen MR) is 218 cm³/mol. The summed E-state index contributed by atoms with van der Waals surface area (Å²) in [7, 11) is 0. The fourth-order valence-electron chi connectivity index (χ4n) is 8.39. The molecule has 0 aliphatic carbocycles. The van der Waals surface area contributed by atoms with Crippen molar-refractivity contribution in [3.63, 3.8) is 0 Å². The zero-order valence-electron chi connectivity index (χ0n) is 28.2. The number of nitrogens with zero attached hydrogens (tertiary/aromatic N) is 3. The van der Waals surface area contributed by atoms with Gasteiger partial charge < -0.3 is 14.5 Å². The monoisotopic (exact) mass is 664 g/mol. The highest BCUT2D eigenvalue weighted by atomic mass is 15.1. The number of fused-ring (bicyclic) bond motifs is 9. The lowest BCUT2D eigenvalue weighted by atomic mass is 9.94. The Morgan fingerprint density at radius 3 is 1.71 bits per heavy atom. The van der Waals surface area contributed by atoms with Crippen molar-refractivity contribution in [2.24, 2.45) is 4.99 Å². The topological polar surface area (TPSA) is 34.2 Å². The van der Waals surface area contributed by atoms with Gasteiger partial charge in [0.2, 0.25) is 0 Å². The SMILES string of the molecule is c1ccc(C2=NC(c3cccc(-n4c5ccccc5c5ccc(-n6c7ccccc7c7ccccc76)cc54)c3)Nc3c2ccc2ccccc32)cc1. The Balaban J connectivity index is 1.11. The van der Waals surface area contributed by atoms with Gasteiger partial charge in [0.05, 0.1) is 33.5 Å². The molecule has 0 spiro atoms. The van der Waals surface area contributed by atoms with Gasteiger partial charge in [-0.25, -0.2) is 0 Å². The van der Waals surface area contributed by atoms with Gasteiger partial charge >= 0.3 is 0 Å². The first kappa shape index (κ1) is 28.9. The van der Waals surface area contributed by atoms with Crippen molar-refractivity contribution in [2.75, 3.05) is 5.32 Å². The number of hydrogen-bond donors (Lipinski definition) is 1. The third-order valence-corrected chi connectivity index (χ3v) is 10.7. The van der Waals surface area contributed by atoms with Crippen LogP contribution in [0.25, 0.3) is 65.8 Å². The van der Waals surface area contributed by atoms with E-state index in [1.165, 1.54) is 54.4 Å². The Morgan fingerprint density at radius 2 is 1.00 bits per heavy atom. The standard InChI is InChI=1S/C48H32N4/c1-2-14-32(15-3-1)46-41-27-25-31-13-4-5-18-36(31)47(41)50-48(49-46)33-16-12-17-34(29-33)52-44-24-11-8-21-39(44)40-28-26-35(30-45(40)52)51-42-22-9-6-19-37(42)38-20-7-10-23-43(38)51/h1-30,48,50H. The maximum atomic E-state index is 5.42. The highest BCUT2D eigenvalue weighted by molar-refractivity contribution is 6.20. The lowest BCUT2D eigenvalue weighted by Crippen LogP contribution is -2.21. The van der Waals surface area contributed by atoms with Crippen LogP contribution in [-0.4, -0.2) is 14.8 Å². The first-order valence-corrected chi connectivity index (χ1v) is 17.8. The van der Waals surface area contributed by atoms with Crippen LogP contribution in [0.4, 0.5) is 5.69 Å². The van der Waals surface area contributed by atoms with Crippen LogP contribution in [0, 0.1) is 0 Å². The molecule has 1 N–H and O–H groups in total. The Hall–Kier alpha value is -6.91. The maximum Gasteiger partial charge on any atom is 0.145 e. The molecule has 8 aromatic carbocycles. The fraction of sp³-hybridized carbons (Fsp3) is 0.0208. The number of nitrogens with one attached hydrogen (secondary N) is 1. The average molecular weight is 665 g/mol. The van der Waals surface area contributed by atoms with Crippen LogP contribution >= 0.6 is 0 Å². The Morgan fingerprint density at radius 1 is 0.423 bits per heavy atom. The van der Waals surface area contributed by atoms with Crippen molar-refractivity contribution in [3.05, 3.63) is 199 Å². The van der Waals surface area contributed by atoms with Gasteiger partial charge in [-0.3, -0.25) is 4.99 Å². The molecule has 3 heterocycles. The zero-order valence-corrected chi connectivity index (χ0v) is 28.2. The van der Waals surface area contributed by atoms with E-state index in [1.54, 1.807) is 0 Å². The number of rotatable bonds is 4. The number of para-hydroxylation sites is 3. The van der Waals surface area contributed by atoms with Crippen LogP contribution < -0.4 is 5.32 Å². The van der Waals surface area contributed by atoms with Crippen molar-refractivity contribution < 1.29 is 0 Å². The summed E-state index contributed by atoms with van der Waals surface area (Å²) >= 11 is 0. The molecule has 4 heteroatoms. The van der Waals surface area contributed by atoms with E-state index >= 15 is 0 Å². The van der Waals surface area contributed by atoms with Gasteiger partial charge in [0.15, 0.2) is 0 Å². The van der Waals surface area contributed by atoms with Gasteiger partial charge in [0.1, 0.15) is 6.17 Å². The van der Waals surface area contributed by atoms with Gasteiger partial charge in [-0.15, -0.1) is 0 Å². The summed E-state index contributed by atoms with van der Waals surface area (Å²) < 4.78 is 4.82. The second kappa shape index (κ2) is 11.3. The normalized spacial score (nSPS) is 14.2. The van der Waals surface area contributed by atoms with E-state index in [9.17, 15) is 0 Å². The molecule has 52 heavy (non-hydrogen) atoms. The summed E-state index contributed by atoms with van der Waals surface area (Å²) in [6.07, 6.45) is -0.269. The molecular weight excluding hydrogens is 633 g/mol. The van der Waals surface area contributed by atoms with E-state index in [1.807, 2.05) is 0 Å². The number of hydrogen-bond acceptors (Lipinski definition) is 2. The van der Waals surface area contributed by atoms with Crippen molar-refractivity contribution in [1.29, 1.82) is 0 Å². The van der Waals surface area contributed by atoms with Gasteiger partial charge in [0, 0.05) is 49.4 Å². The molecule has 1 atom stereocenters. The molecule has 0 saturated heterocycles. The molecule has 4 nitrogen and oxygen atoms in total. The van der Waals surface area contributed by atoms with E-state index < -0.39 is 0 Å². The minimum Gasteiger partial charge on any atom is -0.359 e. The number of anilines is 1. The van der Waals surface area contributed by atoms with Crippen LogP contribution in [0.15, 0.2) is 187 Å². The van der Waals surface area contributed by atoms with Gasteiger partial charge in [-0.2, -0.15) is 0 Å². The van der Waals surface area contributed by atoms with Gasteiger partial charge in [-0.05, 0) is 53.4 Å². The Bertz CT molecular complexity index is 3000. The molecule has 2 aromatic heterocycles. The quantitative estimate of drug-likeness (QED) is 0.200. The number of aliphatic imine (C=N–C) groups is 1. The summed E-state index contributed by atoms with van der Waals surface area (Å²) in [5, 5.41) is 11.3. The van der Waals surface area contributed by atoms with Crippen LogP contribution in [0.2, 0.25) is 0 Å². The second-order valence-electron chi connectivity index (χ2n) is 13.6.